The molecule has 0 saturated heterocycles. The molecule has 1 heterocycles. The average Bonchev–Trinajstić information content (AvgIpc) is 2.20. The number of nitrogens with two attached hydrogens (primary N) is 1. The summed E-state index contributed by atoms with van der Waals surface area (Å²) in [6.45, 7) is 1.67. The summed E-state index contributed by atoms with van der Waals surface area (Å²) in [5.41, 5.74) is 5.23. The Bertz CT molecular complexity index is 451. The van der Waals surface area contributed by atoms with Crippen LogP contribution in [0.25, 0.3) is 0 Å². The largest absolute Gasteiger partial charge is 0.370 e. The highest BCUT2D eigenvalue weighted by Gasteiger charge is 2.15. The van der Waals surface area contributed by atoms with E-state index >= 15 is 0 Å². The molecule has 1 rings (SSSR count). The summed E-state index contributed by atoms with van der Waals surface area (Å²) >= 11 is 11.5. The minimum atomic E-state index is -0.489. The van der Waals surface area contributed by atoms with E-state index in [0.29, 0.717) is 0 Å². The van der Waals surface area contributed by atoms with Crippen molar-refractivity contribution in [3.05, 3.63) is 28.0 Å². The van der Waals surface area contributed by atoms with E-state index in [2.05, 4.69) is 10.3 Å². The molecule has 2 amide bonds. The van der Waals surface area contributed by atoms with Crippen molar-refractivity contribution in [1.29, 1.82) is 0 Å². The second kappa shape index (κ2) is 5.84. The van der Waals surface area contributed by atoms with Crippen LogP contribution in [0.3, 0.4) is 0 Å². The quantitative estimate of drug-likeness (QED) is 0.815. The van der Waals surface area contributed by atoms with Gasteiger partial charge in [-0.05, 0) is 13.0 Å². The average molecular weight is 276 g/mol. The van der Waals surface area contributed by atoms with Crippen LogP contribution in [0.2, 0.25) is 10.2 Å². The van der Waals surface area contributed by atoms with Gasteiger partial charge in [0.2, 0.25) is 5.91 Å². The van der Waals surface area contributed by atoms with Gasteiger partial charge in [-0.1, -0.05) is 23.2 Å². The van der Waals surface area contributed by atoms with E-state index in [4.69, 9.17) is 28.9 Å². The Labute approximate surface area is 108 Å². The molecule has 0 spiro atoms. The number of nitrogens with one attached hydrogen (secondary N) is 1. The van der Waals surface area contributed by atoms with Crippen LogP contribution in [-0.2, 0) is 4.79 Å². The Kier molecular flexibility index (Phi) is 4.72. The monoisotopic (exact) mass is 275 g/mol. The highest BCUT2D eigenvalue weighted by Crippen LogP contribution is 2.18. The first kappa shape index (κ1) is 13.7. The lowest BCUT2D eigenvalue weighted by Crippen LogP contribution is -2.35. The molecule has 1 aromatic heterocycles. The third-order valence-electron chi connectivity index (χ3n) is 1.95. The Hall–Kier alpha value is -1.33. The number of carbonyl (C=O) groups excluding carboxylic acids is 2. The number of aromatic nitrogens is 1. The van der Waals surface area contributed by atoms with Crippen molar-refractivity contribution in [2.45, 2.75) is 19.4 Å². The van der Waals surface area contributed by atoms with Crippen LogP contribution in [0.1, 0.15) is 23.7 Å². The standard InChI is InChI=1S/C10H11Cl2N3O2/c1-5(2-9(13)16)15-10(17)6-3-8(12)14-4-7(6)11/h3-5H,2H2,1H3,(H2,13,16)(H,15,17). The van der Waals surface area contributed by atoms with Gasteiger partial charge in [0.1, 0.15) is 5.15 Å². The number of primary amides is 1. The van der Waals surface area contributed by atoms with Gasteiger partial charge in [-0.15, -0.1) is 0 Å². The summed E-state index contributed by atoms with van der Waals surface area (Å²) in [5, 5.41) is 2.95. The number of amides is 2. The third-order valence-corrected chi connectivity index (χ3v) is 2.46. The van der Waals surface area contributed by atoms with Gasteiger partial charge >= 0.3 is 0 Å². The third kappa shape index (κ3) is 4.20. The normalized spacial score (nSPS) is 11.9. The van der Waals surface area contributed by atoms with Crippen LogP contribution in [0.4, 0.5) is 0 Å². The van der Waals surface area contributed by atoms with Crippen LogP contribution >= 0.6 is 23.2 Å². The molecule has 17 heavy (non-hydrogen) atoms. The van der Waals surface area contributed by atoms with Crippen molar-refractivity contribution < 1.29 is 9.59 Å². The van der Waals surface area contributed by atoms with E-state index in [1.54, 1.807) is 6.92 Å². The first-order valence-corrected chi connectivity index (χ1v) is 5.56. The molecule has 1 atom stereocenters. The zero-order valence-corrected chi connectivity index (χ0v) is 10.5. The predicted molar refractivity (Wildman–Crippen MR) is 65.0 cm³/mol. The van der Waals surface area contributed by atoms with Gasteiger partial charge < -0.3 is 11.1 Å². The predicted octanol–water partition coefficient (Wildman–Crippen LogP) is 1.38. The molecule has 0 aliphatic carbocycles. The van der Waals surface area contributed by atoms with E-state index in [1.807, 2.05) is 0 Å². The summed E-state index contributed by atoms with van der Waals surface area (Å²) in [6, 6.07) is 0.985. The van der Waals surface area contributed by atoms with Gasteiger partial charge in [-0.2, -0.15) is 0 Å². The summed E-state index contributed by atoms with van der Waals surface area (Å²) in [6.07, 6.45) is 1.35. The van der Waals surface area contributed by atoms with E-state index < -0.39 is 11.8 Å². The molecule has 0 aliphatic rings. The second-order valence-corrected chi connectivity index (χ2v) is 4.33. The first-order valence-electron chi connectivity index (χ1n) is 4.80. The summed E-state index contributed by atoms with van der Waals surface area (Å²) in [5.74, 6) is -0.912. The maximum Gasteiger partial charge on any atom is 0.253 e. The van der Waals surface area contributed by atoms with Crippen molar-refractivity contribution in [1.82, 2.24) is 10.3 Å². The highest BCUT2D eigenvalue weighted by molar-refractivity contribution is 6.35. The number of pyridine rings is 1. The summed E-state index contributed by atoms with van der Waals surface area (Å²) in [4.78, 5) is 26.2. The van der Waals surface area contributed by atoms with E-state index in [0.717, 1.165) is 0 Å². The van der Waals surface area contributed by atoms with Crippen LogP contribution in [0, 0.1) is 0 Å². The molecule has 0 radical (unpaired) electrons. The van der Waals surface area contributed by atoms with Crippen molar-refractivity contribution in [2.75, 3.05) is 0 Å². The molecule has 0 saturated carbocycles. The van der Waals surface area contributed by atoms with E-state index in [9.17, 15) is 9.59 Å². The zero-order valence-electron chi connectivity index (χ0n) is 9.04. The molecule has 7 heteroatoms. The van der Waals surface area contributed by atoms with Crippen molar-refractivity contribution in [3.8, 4) is 0 Å². The molecule has 3 N–H and O–H groups in total. The molecule has 5 nitrogen and oxygen atoms in total. The van der Waals surface area contributed by atoms with Gasteiger partial charge in [0, 0.05) is 18.7 Å². The molecule has 92 valence electrons. The van der Waals surface area contributed by atoms with Gasteiger partial charge in [-0.25, -0.2) is 4.98 Å². The molecular weight excluding hydrogens is 265 g/mol. The lowest BCUT2D eigenvalue weighted by atomic mass is 10.2. The molecular formula is C10H11Cl2N3O2. The van der Waals surface area contributed by atoms with Crippen molar-refractivity contribution in [2.24, 2.45) is 5.73 Å². The smallest absolute Gasteiger partial charge is 0.253 e. The Morgan fingerprint density at radius 2 is 2.18 bits per heavy atom. The number of hydrogen-bond donors (Lipinski definition) is 2. The van der Waals surface area contributed by atoms with Gasteiger partial charge in [-0.3, -0.25) is 9.59 Å². The molecule has 0 fully saturated rings. The highest BCUT2D eigenvalue weighted by atomic mass is 35.5. The van der Waals surface area contributed by atoms with Crippen LogP contribution < -0.4 is 11.1 Å². The van der Waals surface area contributed by atoms with Gasteiger partial charge in [0.25, 0.3) is 5.91 Å². The Balaban J connectivity index is 2.76. The number of nitrogens with zero attached hydrogens (tertiary/aromatic N) is 1. The lowest BCUT2D eigenvalue weighted by molar-refractivity contribution is -0.118. The van der Waals surface area contributed by atoms with Gasteiger partial charge in [0.05, 0.1) is 10.6 Å². The Morgan fingerprint density at radius 3 is 2.76 bits per heavy atom. The molecule has 1 aromatic rings. The van der Waals surface area contributed by atoms with Crippen LogP contribution in [0.15, 0.2) is 12.3 Å². The minimum Gasteiger partial charge on any atom is -0.370 e. The number of halogens is 2. The van der Waals surface area contributed by atoms with Crippen LogP contribution in [0.5, 0.6) is 0 Å². The fourth-order valence-electron chi connectivity index (χ4n) is 1.24. The first-order chi connectivity index (χ1) is 7.90. The topological polar surface area (TPSA) is 85.1 Å². The zero-order chi connectivity index (χ0) is 13.0. The molecule has 0 aliphatic heterocycles. The fraction of sp³-hybridized carbons (Fsp3) is 0.300. The summed E-state index contributed by atoms with van der Waals surface area (Å²) < 4.78 is 0. The lowest BCUT2D eigenvalue weighted by Gasteiger charge is -2.12. The molecule has 0 bridgehead atoms. The number of hydrogen-bond acceptors (Lipinski definition) is 3. The van der Waals surface area contributed by atoms with E-state index in [-0.39, 0.29) is 28.2 Å². The molecule has 1 unspecified atom stereocenters. The Morgan fingerprint density at radius 1 is 1.53 bits per heavy atom. The van der Waals surface area contributed by atoms with Crippen molar-refractivity contribution in [3.63, 3.8) is 0 Å². The molecule has 0 aromatic carbocycles. The number of rotatable bonds is 4. The second-order valence-electron chi connectivity index (χ2n) is 3.53. The van der Waals surface area contributed by atoms with Gasteiger partial charge in [0.15, 0.2) is 0 Å². The SMILES string of the molecule is CC(CC(N)=O)NC(=O)c1cc(Cl)ncc1Cl. The van der Waals surface area contributed by atoms with Crippen LogP contribution in [-0.4, -0.2) is 22.8 Å². The minimum absolute atomic E-state index is 0.0577. The summed E-state index contributed by atoms with van der Waals surface area (Å²) in [7, 11) is 0. The fourth-order valence-corrected chi connectivity index (χ4v) is 1.59. The maximum absolute atomic E-state index is 11.8. The van der Waals surface area contributed by atoms with Crippen molar-refractivity contribution >= 4 is 35.0 Å². The maximum atomic E-state index is 11.8. The number of carbonyl (C=O) groups is 2. The van der Waals surface area contributed by atoms with E-state index in [1.165, 1.54) is 12.3 Å².